The molecule has 1 saturated heterocycles. The molecule has 1 heterocycles. The van der Waals surface area contributed by atoms with Crippen molar-refractivity contribution in [2.24, 2.45) is 0 Å². The van der Waals surface area contributed by atoms with E-state index in [-0.39, 0.29) is 19.4 Å². The molecule has 9 nitrogen and oxygen atoms in total. The maximum atomic E-state index is 12.4. The summed E-state index contributed by atoms with van der Waals surface area (Å²) in [7, 11) is -4.81. The number of phosphoric acid groups is 1. The van der Waals surface area contributed by atoms with Crippen LogP contribution in [0.25, 0.3) is 0 Å². The maximum Gasteiger partial charge on any atom is 0.469 e. The molecular formula is C47H69O9P. The molecule has 57 heavy (non-hydrogen) atoms. The van der Waals surface area contributed by atoms with Crippen molar-refractivity contribution in [3.05, 3.63) is 134 Å². The van der Waals surface area contributed by atoms with Crippen LogP contribution < -0.4 is 0 Å². The van der Waals surface area contributed by atoms with Crippen LogP contribution in [-0.4, -0.2) is 53.3 Å². The lowest BCUT2D eigenvalue weighted by Crippen LogP contribution is -2.29. The Bertz CT molecular complexity index is 1440. The first-order valence-corrected chi connectivity index (χ1v) is 22.1. The van der Waals surface area contributed by atoms with Crippen molar-refractivity contribution in [2.75, 3.05) is 13.2 Å². The summed E-state index contributed by atoms with van der Waals surface area (Å²) >= 11 is 0. The molecule has 10 heteroatoms. The highest BCUT2D eigenvalue weighted by Gasteiger charge is 2.35. The first kappa shape index (κ1) is 51.2. The molecule has 3 atom stereocenters. The van der Waals surface area contributed by atoms with Gasteiger partial charge in [-0.25, -0.2) is 4.57 Å². The van der Waals surface area contributed by atoms with Crippen molar-refractivity contribution in [1.29, 1.82) is 0 Å². The van der Waals surface area contributed by atoms with Gasteiger partial charge in [0, 0.05) is 12.8 Å². The highest BCUT2D eigenvalue weighted by atomic mass is 31.2. The third-order valence-electron chi connectivity index (χ3n) is 8.09. The average molecular weight is 809 g/mol. The molecular weight excluding hydrogens is 739 g/mol. The van der Waals surface area contributed by atoms with E-state index in [1.165, 1.54) is 0 Å². The predicted octanol–water partition coefficient (Wildman–Crippen LogP) is 11.7. The van der Waals surface area contributed by atoms with Crippen LogP contribution in [0.1, 0.15) is 117 Å². The summed E-state index contributed by atoms with van der Waals surface area (Å²) in [5.41, 5.74) is 0. The zero-order valence-electron chi connectivity index (χ0n) is 34.4. The van der Waals surface area contributed by atoms with Crippen molar-refractivity contribution >= 4 is 19.8 Å². The van der Waals surface area contributed by atoms with E-state index >= 15 is 0 Å². The molecule has 1 fully saturated rings. The SMILES string of the molecule is CC/C=C\C/C=C\C/C=C\C/C=C\C/C=C\C/C=C\CCC(=O)OC[C@H](COP(=O)(O)O)OC(=O)CC/C=C\C/C=C\C/C=C\C/C=C\CC1OC1C/C=C\CC. The lowest BCUT2D eigenvalue weighted by Gasteiger charge is -2.18. The van der Waals surface area contributed by atoms with Crippen LogP contribution in [0, 0.1) is 0 Å². The lowest BCUT2D eigenvalue weighted by molar-refractivity contribution is -0.161. The third kappa shape index (κ3) is 36.3. The largest absolute Gasteiger partial charge is 0.469 e. The number of ether oxygens (including phenoxy) is 3. The van der Waals surface area contributed by atoms with Gasteiger partial charge in [0.25, 0.3) is 0 Å². The highest BCUT2D eigenvalue weighted by molar-refractivity contribution is 7.46. The van der Waals surface area contributed by atoms with Crippen LogP contribution in [0.3, 0.4) is 0 Å². The van der Waals surface area contributed by atoms with Gasteiger partial charge in [-0.2, -0.15) is 0 Å². The minimum atomic E-state index is -4.81. The summed E-state index contributed by atoms with van der Waals surface area (Å²) in [6.45, 7) is 3.30. The van der Waals surface area contributed by atoms with Gasteiger partial charge in [0.15, 0.2) is 6.10 Å². The second kappa shape index (κ2) is 36.5. The fraction of sp³-hybridized carbons (Fsp3) is 0.489. The number of carbonyl (C=O) groups excluding carboxylic acids is 2. The molecule has 0 radical (unpaired) electrons. The molecule has 0 aromatic heterocycles. The molecule has 0 aromatic rings. The van der Waals surface area contributed by atoms with E-state index in [9.17, 15) is 14.2 Å². The molecule has 1 aliphatic heterocycles. The minimum Gasteiger partial charge on any atom is -0.462 e. The summed E-state index contributed by atoms with van der Waals surface area (Å²) < 4.78 is 31.9. The molecule has 2 N–H and O–H groups in total. The maximum absolute atomic E-state index is 12.4. The van der Waals surface area contributed by atoms with Crippen molar-refractivity contribution < 1.29 is 42.7 Å². The topological polar surface area (TPSA) is 132 Å². The summed E-state index contributed by atoms with van der Waals surface area (Å²) in [4.78, 5) is 42.8. The molecule has 2 unspecified atom stereocenters. The Labute approximate surface area is 343 Å². The average Bonchev–Trinajstić information content (AvgIpc) is 3.94. The fourth-order valence-electron chi connectivity index (χ4n) is 4.99. The smallest absolute Gasteiger partial charge is 0.462 e. The summed E-state index contributed by atoms with van der Waals surface area (Å²) in [5.74, 6) is -1.10. The summed E-state index contributed by atoms with van der Waals surface area (Å²) in [6.07, 6.45) is 58.1. The van der Waals surface area contributed by atoms with Crippen LogP contribution >= 0.6 is 7.82 Å². The highest BCUT2D eigenvalue weighted by Crippen LogP contribution is 2.36. The van der Waals surface area contributed by atoms with Crippen molar-refractivity contribution in [3.63, 3.8) is 0 Å². The van der Waals surface area contributed by atoms with E-state index < -0.39 is 32.5 Å². The summed E-state index contributed by atoms with van der Waals surface area (Å²) in [5, 5.41) is 0. The number of hydrogen-bond donors (Lipinski definition) is 2. The van der Waals surface area contributed by atoms with E-state index in [0.29, 0.717) is 25.0 Å². The molecule has 1 rings (SSSR count). The number of esters is 2. The Balaban J connectivity index is 2.19. The molecule has 0 amide bonds. The van der Waals surface area contributed by atoms with Crippen molar-refractivity contribution in [2.45, 2.75) is 135 Å². The van der Waals surface area contributed by atoms with Crippen LogP contribution in [0.5, 0.6) is 0 Å². The standard InChI is InChI=1S/C47H69O9P/c1-3-5-7-8-9-10-11-12-13-14-15-16-17-18-22-25-28-31-35-39-46(48)53-41-43(42-54-57(50,51)52)55-47(49)40-36-32-29-26-23-20-19-21-24-27-30-34-38-45-44(56-45)37-33-6-4-2/h5-7,9-10,12-13,15-16,18,20-24,28-34,43-45H,3-4,8,11,14,17,19,25-27,35-42H2,1-2H3,(H2,50,51,52)/b7-5-,10-9-,13-12-,16-15-,22-18-,23-20-,24-21-,31-28-,32-29-,33-6-,34-30-/t43-,44?,45?/m1/s1. The molecule has 0 saturated carbocycles. The molecule has 0 bridgehead atoms. The normalized spacial score (nSPS) is 17.4. The Hall–Kier alpha value is -3.85. The van der Waals surface area contributed by atoms with Gasteiger partial charge in [-0.05, 0) is 89.9 Å². The third-order valence-corrected chi connectivity index (χ3v) is 8.58. The number of rotatable bonds is 34. The van der Waals surface area contributed by atoms with Crippen molar-refractivity contribution in [1.82, 2.24) is 0 Å². The molecule has 0 aromatic carbocycles. The molecule has 316 valence electrons. The number of carbonyl (C=O) groups is 2. The monoisotopic (exact) mass is 808 g/mol. The van der Waals surface area contributed by atoms with E-state index in [1.54, 1.807) is 0 Å². The van der Waals surface area contributed by atoms with E-state index in [1.807, 2.05) is 24.3 Å². The van der Waals surface area contributed by atoms with Gasteiger partial charge in [0.2, 0.25) is 0 Å². The fourth-order valence-corrected chi connectivity index (χ4v) is 5.35. The second-order valence-corrected chi connectivity index (χ2v) is 14.5. The Kier molecular flexibility index (Phi) is 32.8. The van der Waals surface area contributed by atoms with Crippen LogP contribution in [0.4, 0.5) is 0 Å². The Morgan fingerprint density at radius 3 is 1.30 bits per heavy atom. The second-order valence-electron chi connectivity index (χ2n) is 13.2. The quantitative estimate of drug-likeness (QED) is 0.0282. The van der Waals surface area contributed by atoms with E-state index in [0.717, 1.165) is 77.0 Å². The van der Waals surface area contributed by atoms with Gasteiger partial charge in [-0.15, -0.1) is 0 Å². The Morgan fingerprint density at radius 2 is 0.877 bits per heavy atom. The van der Waals surface area contributed by atoms with Crippen LogP contribution in [0.2, 0.25) is 0 Å². The predicted molar refractivity (Wildman–Crippen MR) is 233 cm³/mol. The van der Waals surface area contributed by atoms with Gasteiger partial charge in [-0.3, -0.25) is 14.1 Å². The van der Waals surface area contributed by atoms with Gasteiger partial charge < -0.3 is 24.0 Å². The zero-order valence-corrected chi connectivity index (χ0v) is 35.3. The number of hydrogen-bond acceptors (Lipinski definition) is 7. The zero-order chi connectivity index (χ0) is 41.5. The first-order chi connectivity index (χ1) is 27.7. The molecule has 1 aliphatic rings. The van der Waals surface area contributed by atoms with Gasteiger partial charge in [0.1, 0.15) is 6.61 Å². The van der Waals surface area contributed by atoms with E-state index in [4.69, 9.17) is 24.0 Å². The number of phosphoric ester groups is 1. The van der Waals surface area contributed by atoms with Gasteiger partial charge >= 0.3 is 19.8 Å². The minimum absolute atomic E-state index is 0.0585. The van der Waals surface area contributed by atoms with Gasteiger partial charge in [0.05, 0.1) is 18.8 Å². The molecule has 0 aliphatic carbocycles. The van der Waals surface area contributed by atoms with Crippen molar-refractivity contribution in [3.8, 4) is 0 Å². The summed E-state index contributed by atoms with van der Waals surface area (Å²) in [6, 6.07) is 0. The van der Waals surface area contributed by atoms with Crippen LogP contribution in [-0.2, 0) is 32.9 Å². The van der Waals surface area contributed by atoms with Crippen LogP contribution in [0.15, 0.2) is 134 Å². The lowest BCUT2D eigenvalue weighted by atomic mass is 10.1. The first-order valence-electron chi connectivity index (χ1n) is 20.6. The Morgan fingerprint density at radius 1 is 0.526 bits per heavy atom. The van der Waals surface area contributed by atoms with Gasteiger partial charge in [-0.1, -0.05) is 148 Å². The van der Waals surface area contributed by atoms with E-state index in [2.05, 4.69) is 128 Å². The number of epoxide rings is 1. The molecule has 0 spiro atoms. The number of allylic oxidation sites excluding steroid dienone is 20.